The molecule has 2 atom stereocenters. The Kier molecular flexibility index (Phi) is 7.49. The molecule has 0 aromatic heterocycles. The Morgan fingerprint density at radius 2 is 1.69 bits per heavy atom. The Labute approximate surface area is 216 Å². The third-order valence-corrected chi connectivity index (χ3v) is 8.82. The second-order valence-corrected chi connectivity index (χ2v) is 11.4. The van der Waals surface area contributed by atoms with E-state index >= 15 is 0 Å². The van der Waals surface area contributed by atoms with Gasteiger partial charge in [0.2, 0.25) is 21.8 Å². The van der Waals surface area contributed by atoms with Crippen LogP contribution in [-0.4, -0.2) is 79.9 Å². The highest BCUT2D eigenvalue weighted by atomic mass is 35.5. The van der Waals surface area contributed by atoms with Crippen LogP contribution in [0.5, 0.6) is 11.5 Å². The van der Waals surface area contributed by atoms with Crippen LogP contribution >= 0.6 is 11.6 Å². The first kappa shape index (κ1) is 26.2. The van der Waals surface area contributed by atoms with Crippen molar-refractivity contribution in [3.8, 4) is 11.5 Å². The maximum Gasteiger partial charge on any atom is 0.246 e. The number of hydrogen-bond acceptors (Lipinski definition) is 6. The number of carbonyl (C=O) groups excluding carboxylic acids is 2. The maximum atomic E-state index is 13.9. The van der Waals surface area contributed by atoms with Gasteiger partial charge in [-0.3, -0.25) is 9.59 Å². The lowest BCUT2D eigenvalue weighted by molar-refractivity contribution is -0.166. The molecule has 2 unspecified atom stereocenters. The van der Waals surface area contributed by atoms with Crippen molar-refractivity contribution in [1.29, 1.82) is 0 Å². The highest BCUT2D eigenvalue weighted by molar-refractivity contribution is 7.89. The molecule has 2 aliphatic heterocycles. The summed E-state index contributed by atoms with van der Waals surface area (Å²) in [5.74, 6) is 0.250. The van der Waals surface area contributed by atoms with Gasteiger partial charge in [0.25, 0.3) is 0 Å². The lowest BCUT2D eigenvalue weighted by Crippen LogP contribution is -2.72. The van der Waals surface area contributed by atoms with Crippen LogP contribution < -0.4 is 9.47 Å². The number of rotatable bonds is 7. The standard InChI is InChI=1S/C25H30ClN3O6S/c1-16(2)27-15-23-28(36(32,33)19-9-10-21(34-3)22(14-19)35-4)12-11-24(30)29(23)20(25(27)31)13-17-5-7-18(26)8-6-17/h5-10,14,16,20,23H,11-13,15H2,1-4H3. The number of fused-ring (bicyclic) bond motifs is 1. The number of benzene rings is 2. The van der Waals surface area contributed by atoms with Crippen LogP contribution in [0.25, 0.3) is 0 Å². The Bertz CT molecular complexity index is 1250. The lowest BCUT2D eigenvalue weighted by Gasteiger charge is -2.52. The third kappa shape index (κ3) is 4.77. The Hall–Kier alpha value is -2.82. The molecule has 0 saturated carbocycles. The zero-order chi connectivity index (χ0) is 26.2. The molecule has 9 nitrogen and oxygen atoms in total. The summed E-state index contributed by atoms with van der Waals surface area (Å²) in [6.07, 6.45) is -0.595. The number of nitrogens with zero attached hydrogens (tertiary/aromatic N) is 3. The van der Waals surface area contributed by atoms with E-state index in [4.69, 9.17) is 21.1 Å². The molecule has 0 spiro atoms. The van der Waals surface area contributed by atoms with Crippen molar-refractivity contribution >= 4 is 33.4 Å². The van der Waals surface area contributed by atoms with Gasteiger partial charge in [0.15, 0.2) is 11.5 Å². The van der Waals surface area contributed by atoms with Gasteiger partial charge in [-0.05, 0) is 43.7 Å². The molecule has 2 saturated heterocycles. The van der Waals surface area contributed by atoms with Gasteiger partial charge in [-0.1, -0.05) is 23.7 Å². The maximum absolute atomic E-state index is 13.9. The highest BCUT2D eigenvalue weighted by Crippen LogP contribution is 2.35. The van der Waals surface area contributed by atoms with Gasteiger partial charge in [0.05, 0.1) is 25.7 Å². The van der Waals surface area contributed by atoms with Crippen LogP contribution in [0.2, 0.25) is 5.02 Å². The van der Waals surface area contributed by atoms with Gasteiger partial charge < -0.3 is 19.3 Å². The molecule has 4 rings (SSSR count). The second kappa shape index (κ2) is 10.3. The van der Waals surface area contributed by atoms with Crippen LogP contribution in [0.1, 0.15) is 25.8 Å². The van der Waals surface area contributed by atoms with Gasteiger partial charge in [-0.2, -0.15) is 4.31 Å². The van der Waals surface area contributed by atoms with E-state index in [9.17, 15) is 18.0 Å². The lowest BCUT2D eigenvalue weighted by atomic mass is 9.97. The number of amides is 2. The van der Waals surface area contributed by atoms with Crippen molar-refractivity contribution in [2.24, 2.45) is 0 Å². The molecule has 0 N–H and O–H groups in total. The van der Waals surface area contributed by atoms with Crippen molar-refractivity contribution in [2.75, 3.05) is 27.3 Å². The average molecular weight is 536 g/mol. The van der Waals surface area contributed by atoms with Crippen LogP contribution in [0.3, 0.4) is 0 Å². The first-order valence-corrected chi connectivity index (χ1v) is 13.5. The number of methoxy groups -OCH3 is 2. The molecule has 0 bridgehead atoms. The average Bonchev–Trinajstić information content (AvgIpc) is 2.86. The molecular weight excluding hydrogens is 506 g/mol. The Morgan fingerprint density at radius 1 is 1.03 bits per heavy atom. The van der Waals surface area contributed by atoms with E-state index in [0.717, 1.165) is 5.56 Å². The van der Waals surface area contributed by atoms with E-state index in [1.54, 1.807) is 17.0 Å². The number of hydrogen-bond donors (Lipinski definition) is 0. The number of halogens is 1. The number of sulfonamides is 1. The van der Waals surface area contributed by atoms with E-state index < -0.39 is 22.2 Å². The molecule has 0 aliphatic carbocycles. The zero-order valence-corrected chi connectivity index (χ0v) is 22.3. The fraction of sp³-hybridized carbons (Fsp3) is 0.440. The predicted octanol–water partition coefficient (Wildman–Crippen LogP) is 2.77. The van der Waals surface area contributed by atoms with Gasteiger partial charge in [-0.25, -0.2) is 8.42 Å². The normalized spacial score (nSPS) is 21.1. The molecule has 36 heavy (non-hydrogen) atoms. The van der Waals surface area contributed by atoms with Crippen molar-refractivity contribution in [3.63, 3.8) is 0 Å². The third-order valence-electron chi connectivity index (χ3n) is 6.68. The van der Waals surface area contributed by atoms with Gasteiger partial charge in [0, 0.05) is 36.5 Å². The van der Waals surface area contributed by atoms with Crippen molar-refractivity contribution in [1.82, 2.24) is 14.1 Å². The summed E-state index contributed by atoms with van der Waals surface area (Å²) in [6.45, 7) is 3.87. The molecule has 0 radical (unpaired) electrons. The molecule has 2 aromatic carbocycles. The second-order valence-electron chi connectivity index (χ2n) is 9.09. The van der Waals surface area contributed by atoms with E-state index in [-0.39, 0.29) is 54.4 Å². The molecule has 2 fully saturated rings. The van der Waals surface area contributed by atoms with Gasteiger partial charge in [-0.15, -0.1) is 0 Å². The first-order valence-electron chi connectivity index (χ1n) is 11.7. The summed E-state index contributed by atoms with van der Waals surface area (Å²) in [4.78, 5) is 29.8. The summed E-state index contributed by atoms with van der Waals surface area (Å²) in [7, 11) is -1.13. The zero-order valence-electron chi connectivity index (χ0n) is 20.7. The molecule has 2 aromatic rings. The fourth-order valence-electron chi connectivity index (χ4n) is 4.81. The molecule has 2 heterocycles. The quantitative estimate of drug-likeness (QED) is 0.541. The smallest absolute Gasteiger partial charge is 0.246 e. The number of carbonyl (C=O) groups is 2. The Balaban J connectivity index is 1.75. The molecule has 2 amide bonds. The van der Waals surface area contributed by atoms with E-state index in [0.29, 0.717) is 10.8 Å². The fourth-order valence-corrected chi connectivity index (χ4v) is 6.53. The monoisotopic (exact) mass is 535 g/mol. The van der Waals surface area contributed by atoms with Crippen molar-refractivity contribution < 1.29 is 27.5 Å². The topological polar surface area (TPSA) is 96.5 Å². The minimum atomic E-state index is -4.03. The van der Waals surface area contributed by atoms with Gasteiger partial charge >= 0.3 is 0 Å². The summed E-state index contributed by atoms with van der Waals surface area (Å²) >= 11 is 6.02. The minimum absolute atomic E-state index is 0.0183. The predicted molar refractivity (Wildman–Crippen MR) is 134 cm³/mol. The Morgan fingerprint density at radius 3 is 2.31 bits per heavy atom. The largest absolute Gasteiger partial charge is 0.493 e. The molecular formula is C25H30ClN3O6S. The van der Waals surface area contributed by atoms with Crippen molar-refractivity contribution in [2.45, 2.75) is 49.8 Å². The summed E-state index contributed by atoms with van der Waals surface area (Å²) in [5, 5.41) is 0.566. The number of piperazine rings is 1. The van der Waals surface area contributed by atoms with Crippen LogP contribution in [0.15, 0.2) is 47.4 Å². The van der Waals surface area contributed by atoms with Gasteiger partial charge in [0.1, 0.15) is 12.2 Å². The SMILES string of the molecule is COc1ccc(S(=O)(=O)N2CCC(=O)N3C(Cc4ccc(Cl)cc4)C(=O)N(C(C)C)CC32)cc1OC. The number of ether oxygens (including phenoxy) is 2. The van der Waals surface area contributed by atoms with E-state index in [2.05, 4.69) is 0 Å². The van der Waals surface area contributed by atoms with E-state index in [1.165, 1.54) is 41.6 Å². The minimum Gasteiger partial charge on any atom is -0.493 e. The van der Waals surface area contributed by atoms with Crippen molar-refractivity contribution in [3.05, 3.63) is 53.1 Å². The summed E-state index contributed by atoms with van der Waals surface area (Å²) in [6, 6.07) is 10.5. The summed E-state index contributed by atoms with van der Waals surface area (Å²) in [5.41, 5.74) is 0.828. The molecule has 11 heteroatoms. The highest BCUT2D eigenvalue weighted by Gasteiger charge is 2.51. The molecule has 194 valence electrons. The van der Waals surface area contributed by atoms with Crippen LogP contribution in [-0.2, 0) is 26.0 Å². The van der Waals surface area contributed by atoms with Crippen LogP contribution in [0.4, 0.5) is 0 Å². The van der Waals surface area contributed by atoms with E-state index in [1.807, 2.05) is 26.0 Å². The first-order chi connectivity index (χ1) is 17.1. The molecule has 2 aliphatic rings. The summed E-state index contributed by atoms with van der Waals surface area (Å²) < 4.78 is 39.6. The van der Waals surface area contributed by atoms with Crippen LogP contribution in [0, 0.1) is 0 Å².